The number of nitrogen functional groups attached to an aromatic ring is 2. The van der Waals surface area contributed by atoms with E-state index in [1.165, 1.54) is 0 Å². The molecular formula is C30H24N4O2. The predicted molar refractivity (Wildman–Crippen MR) is 144 cm³/mol. The Morgan fingerprint density at radius 2 is 1.06 bits per heavy atom. The SMILES string of the molecule is N=C(N)c1c(N)cc(-c2ccc(Oc3ccccc3)cc2)nc1-c1ccc(Oc2ccccc2)cc1. The van der Waals surface area contributed by atoms with Crippen molar-refractivity contribution < 1.29 is 9.47 Å². The Hall–Kier alpha value is -5.10. The molecular weight excluding hydrogens is 448 g/mol. The minimum absolute atomic E-state index is 0.141. The molecule has 0 fully saturated rings. The van der Waals surface area contributed by atoms with Crippen molar-refractivity contribution >= 4 is 11.5 Å². The van der Waals surface area contributed by atoms with E-state index < -0.39 is 0 Å². The Morgan fingerprint density at radius 1 is 0.611 bits per heavy atom. The first kappa shape index (κ1) is 22.7. The van der Waals surface area contributed by atoms with Crippen LogP contribution < -0.4 is 20.9 Å². The number of para-hydroxylation sites is 2. The summed E-state index contributed by atoms with van der Waals surface area (Å²) in [5.74, 6) is 2.77. The first-order valence-electron chi connectivity index (χ1n) is 11.4. The molecule has 176 valence electrons. The average molecular weight is 473 g/mol. The quantitative estimate of drug-likeness (QED) is 0.177. The molecule has 0 unspecified atom stereocenters. The van der Waals surface area contributed by atoms with Crippen LogP contribution >= 0.6 is 0 Å². The molecule has 0 aliphatic rings. The van der Waals surface area contributed by atoms with Crippen LogP contribution in [-0.2, 0) is 0 Å². The van der Waals surface area contributed by atoms with E-state index in [2.05, 4.69) is 0 Å². The second kappa shape index (κ2) is 10.0. The molecule has 0 aliphatic heterocycles. The van der Waals surface area contributed by atoms with Gasteiger partial charge in [-0.3, -0.25) is 5.41 Å². The second-order valence-electron chi connectivity index (χ2n) is 8.11. The molecule has 0 atom stereocenters. The maximum absolute atomic E-state index is 8.08. The van der Waals surface area contributed by atoms with Gasteiger partial charge in [-0.2, -0.15) is 0 Å². The third-order valence-electron chi connectivity index (χ3n) is 5.55. The maximum atomic E-state index is 8.08. The van der Waals surface area contributed by atoms with Gasteiger partial charge in [-0.05, 0) is 78.9 Å². The molecule has 0 radical (unpaired) electrons. The molecule has 1 heterocycles. The molecule has 5 aromatic rings. The van der Waals surface area contributed by atoms with Gasteiger partial charge in [-0.15, -0.1) is 0 Å². The first-order valence-corrected chi connectivity index (χ1v) is 11.4. The van der Waals surface area contributed by atoms with E-state index in [4.69, 9.17) is 31.3 Å². The zero-order valence-electron chi connectivity index (χ0n) is 19.4. The van der Waals surface area contributed by atoms with Gasteiger partial charge in [0.15, 0.2) is 0 Å². The largest absolute Gasteiger partial charge is 0.457 e. The molecule has 4 aromatic carbocycles. The fraction of sp³-hybridized carbons (Fsp3) is 0. The van der Waals surface area contributed by atoms with Gasteiger partial charge in [0.05, 0.1) is 17.0 Å². The van der Waals surface area contributed by atoms with Crippen molar-refractivity contribution in [2.24, 2.45) is 5.73 Å². The number of anilines is 1. The number of benzene rings is 4. The van der Waals surface area contributed by atoms with Crippen molar-refractivity contribution in [1.82, 2.24) is 4.98 Å². The lowest BCUT2D eigenvalue weighted by molar-refractivity contribution is 0.482. The van der Waals surface area contributed by atoms with E-state index in [0.29, 0.717) is 34.1 Å². The number of hydrogen-bond acceptors (Lipinski definition) is 5. The average Bonchev–Trinajstić information content (AvgIpc) is 2.90. The van der Waals surface area contributed by atoms with E-state index >= 15 is 0 Å². The normalized spacial score (nSPS) is 10.6. The number of pyridine rings is 1. The number of nitrogens with zero attached hydrogens (tertiary/aromatic N) is 1. The molecule has 36 heavy (non-hydrogen) atoms. The van der Waals surface area contributed by atoms with Gasteiger partial charge in [-0.1, -0.05) is 36.4 Å². The zero-order valence-corrected chi connectivity index (χ0v) is 19.4. The highest BCUT2D eigenvalue weighted by Gasteiger charge is 2.16. The van der Waals surface area contributed by atoms with Crippen molar-refractivity contribution in [2.45, 2.75) is 0 Å². The van der Waals surface area contributed by atoms with E-state index in [0.717, 1.165) is 22.6 Å². The second-order valence-corrected chi connectivity index (χ2v) is 8.11. The Balaban J connectivity index is 1.45. The number of hydrogen-bond donors (Lipinski definition) is 3. The molecule has 5 rings (SSSR count). The van der Waals surface area contributed by atoms with Gasteiger partial charge < -0.3 is 20.9 Å². The Kier molecular flexibility index (Phi) is 6.32. The molecule has 0 amide bonds. The van der Waals surface area contributed by atoms with Crippen LogP contribution in [0.4, 0.5) is 5.69 Å². The summed E-state index contributed by atoms with van der Waals surface area (Å²) in [5.41, 5.74) is 15.9. The van der Waals surface area contributed by atoms with Crippen LogP contribution in [0.25, 0.3) is 22.5 Å². The van der Waals surface area contributed by atoms with Crippen LogP contribution in [0.2, 0.25) is 0 Å². The van der Waals surface area contributed by atoms with Gasteiger partial charge in [0.25, 0.3) is 0 Å². The fourth-order valence-corrected chi connectivity index (χ4v) is 3.83. The van der Waals surface area contributed by atoms with Crippen LogP contribution in [0.15, 0.2) is 115 Å². The van der Waals surface area contributed by atoms with Crippen molar-refractivity contribution in [3.05, 3.63) is 121 Å². The summed E-state index contributed by atoms with van der Waals surface area (Å²) in [4.78, 5) is 4.84. The highest BCUT2D eigenvalue weighted by molar-refractivity contribution is 6.05. The number of amidine groups is 1. The molecule has 5 N–H and O–H groups in total. The Bertz CT molecular complexity index is 1480. The molecule has 1 aromatic heterocycles. The van der Waals surface area contributed by atoms with Crippen LogP contribution in [0, 0.1) is 5.41 Å². The van der Waals surface area contributed by atoms with Gasteiger partial charge in [0.1, 0.15) is 28.8 Å². The van der Waals surface area contributed by atoms with E-state index in [1.807, 2.05) is 109 Å². The van der Waals surface area contributed by atoms with Crippen molar-refractivity contribution in [1.29, 1.82) is 5.41 Å². The number of aromatic nitrogens is 1. The van der Waals surface area contributed by atoms with Crippen LogP contribution in [0.1, 0.15) is 5.56 Å². The van der Waals surface area contributed by atoms with Gasteiger partial charge in [0, 0.05) is 16.8 Å². The number of ether oxygens (including phenoxy) is 2. The molecule has 6 nitrogen and oxygen atoms in total. The zero-order chi connectivity index (χ0) is 24.9. The van der Waals surface area contributed by atoms with Crippen LogP contribution in [0.5, 0.6) is 23.0 Å². The van der Waals surface area contributed by atoms with E-state index in [9.17, 15) is 0 Å². The summed E-state index contributed by atoms with van der Waals surface area (Å²) in [5, 5.41) is 8.08. The Labute approximate surface area is 209 Å². The first-order chi connectivity index (χ1) is 17.6. The van der Waals surface area contributed by atoms with Crippen molar-refractivity contribution in [3.63, 3.8) is 0 Å². The third-order valence-corrected chi connectivity index (χ3v) is 5.55. The standard InChI is InChI=1S/C30H24N4O2/c31-26-19-27(20-11-15-24(16-12-20)35-22-7-3-1-4-8-22)34-29(28(26)30(32)33)21-13-17-25(18-14-21)36-23-9-5-2-6-10-23/h1-19H,(H2,31,34)(H3,32,33). The fourth-order valence-electron chi connectivity index (χ4n) is 3.83. The van der Waals surface area contributed by atoms with Crippen LogP contribution in [0.3, 0.4) is 0 Å². The minimum atomic E-state index is -0.141. The summed E-state index contributed by atoms with van der Waals surface area (Å²) >= 11 is 0. The lowest BCUT2D eigenvalue weighted by atomic mass is 10.0. The maximum Gasteiger partial charge on any atom is 0.127 e. The van der Waals surface area contributed by atoms with Gasteiger partial charge >= 0.3 is 0 Å². The molecule has 0 bridgehead atoms. The van der Waals surface area contributed by atoms with Crippen LogP contribution in [-0.4, -0.2) is 10.8 Å². The van der Waals surface area contributed by atoms with E-state index in [1.54, 1.807) is 6.07 Å². The number of nitrogens with two attached hydrogens (primary N) is 2. The molecule has 0 saturated heterocycles. The highest BCUT2D eigenvalue weighted by Crippen LogP contribution is 2.33. The summed E-state index contributed by atoms with van der Waals surface area (Å²) in [7, 11) is 0. The molecule has 0 spiro atoms. The molecule has 6 heteroatoms. The predicted octanol–water partition coefficient (Wildman–Crippen LogP) is 6.87. The van der Waals surface area contributed by atoms with Crippen molar-refractivity contribution in [3.8, 4) is 45.5 Å². The summed E-state index contributed by atoms with van der Waals surface area (Å²) in [6.07, 6.45) is 0. The summed E-state index contributed by atoms with van der Waals surface area (Å²) < 4.78 is 11.8. The number of nitrogens with one attached hydrogen (secondary N) is 1. The lowest BCUT2D eigenvalue weighted by Gasteiger charge is -2.14. The number of rotatable bonds is 7. The van der Waals surface area contributed by atoms with Gasteiger partial charge in [0.2, 0.25) is 0 Å². The highest BCUT2D eigenvalue weighted by atomic mass is 16.5. The van der Waals surface area contributed by atoms with Crippen molar-refractivity contribution in [2.75, 3.05) is 5.73 Å². The molecule has 0 aliphatic carbocycles. The lowest BCUT2D eigenvalue weighted by Crippen LogP contribution is -2.16. The monoisotopic (exact) mass is 472 g/mol. The summed E-state index contributed by atoms with van der Waals surface area (Å²) in [6.45, 7) is 0. The van der Waals surface area contributed by atoms with Gasteiger partial charge in [-0.25, -0.2) is 4.98 Å². The minimum Gasteiger partial charge on any atom is -0.457 e. The summed E-state index contributed by atoms with van der Waals surface area (Å²) in [6, 6.07) is 36.0. The smallest absolute Gasteiger partial charge is 0.127 e. The van der Waals surface area contributed by atoms with E-state index in [-0.39, 0.29) is 5.84 Å². The third kappa shape index (κ3) is 5.03. The Morgan fingerprint density at radius 3 is 1.53 bits per heavy atom. The topological polar surface area (TPSA) is 107 Å². The molecule has 0 saturated carbocycles.